The molecule has 0 aliphatic rings. The Kier molecular flexibility index (Phi) is 5.18. The molecule has 0 fully saturated rings. The molecule has 0 aliphatic heterocycles. The average molecular weight is 346 g/mol. The highest BCUT2D eigenvalue weighted by Crippen LogP contribution is 2.42. The first-order valence-corrected chi connectivity index (χ1v) is 8.07. The molecular formula is C20H23FO4. The number of aromatic hydroxyl groups is 1. The van der Waals surface area contributed by atoms with Crippen LogP contribution in [0.3, 0.4) is 0 Å². The molecule has 5 heteroatoms. The van der Waals surface area contributed by atoms with Gasteiger partial charge in [-0.25, -0.2) is 9.18 Å². The fraction of sp³-hybridized carbons (Fsp3) is 0.350. The molecule has 2 aromatic carbocycles. The van der Waals surface area contributed by atoms with Crippen LogP contribution in [0.1, 0.15) is 44.2 Å². The van der Waals surface area contributed by atoms with E-state index in [1.165, 1.54) is 12.1 Å². The van der Waals surface area contributed by atoms with Gasteiger partial charge in [0.15, 0.2) is 5.60 Å². The summed E-state index contributed by atoms with van der Waals surface area (Å²) in [5.41, 5.74) is -2.11. The van der Waals surface area contributed by atoms with Crippen LogP contribution in [-0.4, -0.2) is 26.9 Å². The maximum Gasteiger partial charge on any atom is 0.336 e. The quantitative estimate of drug-likeness (QED) is 0.743. The van der Waals surface area contributed by atoms with Crippen molar-refractivity contribution in [2.75, 3.05) is 0 Å². The standard InChI is InChI=1S/C20H23FO4/c1-13(14-7-5-4-6-8-14)20(25,18(23)24)12-19(2,3)16-11-15(21)9-10-17(16)22/h4-11,13,22,25H,12H2,1-3H3,(H,23,24). The first-order chi connectivity index (χ1) is 11.6. The van der Waals surface area contributed by atoms with E-state index in [1.54, 1.807) is 45.0 Å². The monoisotopic (exact) mass is 346 g/mol. The summed E-state index contributed by atoms with van der Waals surface area (Å²) < 4.78 is 13.6. The summed E-state index contributed by atoms with van der Waals surface area (Å²) in [5.74, 6) is -2.71. The van der Waals surface area contributed by atoms with E-state index in [4.69, 9.17) is 0 Å². The van der Waals surface area contributed by atoms with Crippen molar-refractivity contribution in [3.63, 3.8) is 0 Å². The van der Waals surface area contributed by atoms with E-state index in [1.807, 2.05) is 6.07 Å². The van der Waals surface area contributed by atoms with Gasteiger partial charge in [-0.1, -0.05) is 51.1 Å². The summed E-state index contributed by atoms with van der Waals surface area (Å²) in [7, 11) is 0. The summed E-state index contributed by atoms with van der Waals surface area (Å²) >= 11 is 0. The number of phenols is 1. The summed E-state index contributed by atoms with van der Waals surface area (Å²) in [6, 6.07) is 12.4. The maximum absolute atomic E-state index is 13.6. The molecule has 2 aromatic rings. The average Bonchev–Trinajstić information content (AvgIpc) is 2.56. The molecule has 0 spiro atoms. The summed E-state index contributed by atoms with van der Waals surface area (Å²) in [5, 5.41) is 30.8. The van der Waals surface area contributed by atoms with E-state index in [-0.39, 0.29) is 17.7 Å². The number of carboxylic acid groups (broad SMARTS) is 1. The van der Waals surface area contributed by atoms with E-state index < -0.39 is 28.7 Å². The second-order valence-electron chi connectivity index (χ2n) is 7.08. The van der Waals surface area contributed by atoms with Crippen molar-refractivity contribution in [1.29, 1.82) is 0 Å². The smallest absolute Gasteiger partial charge is 0.336 e. The van der Waals surface area contributed by atoms with Gasteiger partial charge in [-0.15, -0.1) is 0 Å². The minimum absolute atomic E-state index is 0.133. The number of phenolic OH excluding ortho intramolecular Hbond substituents is 1. The predicted octanol–water partition coefficient (Wildman–Crippen LogP) is 3.82. The lowest BCUT2D eigenvalue weighted by atomic mass is 9.69. The van der Waals surface area contributed by atoms with E-state index in [2.05, 4.69) is 0 Å². The van der Waals surface area contributed by atoms with Crippen LogP contribution in [0.25, 0.3) is 0 Å². The minimum atomic E-state index is -2.08. The Morgan fingerprint density at radius 3 is 2.32 bits per heavy atom. The van der Waals surface area contributed by atoms with Crippen LogP contribution in [0.4, 0.5) is 4.39 Å². The topological polar surface area (TPSA) is 77.8 Å². The van der Waals surface area contributed by atoms with Crippen molar-refractivity contribution in [3.8, 4) is 5.75 Å². The summed E-state index contributed by atoms with van der Waals surface area (Å²) in [4.78, 5) is 11.9. The van der Waals surface area contributed by atoms with Gasteiger partial charge in [0.05, 0.1) is 0 Å². The molecule has 0 heterocycles. The normalized spacial score (nSPS) is 15.4. The highest BCUT2D eigenvalue weighted by atomic mass is 19.1. The molecule has 0 saturated carbocycles. The summed E-state index contributed by atoms with van der Waals surface area (Å²) in [6.07, 6.45) is -0.192. The van der Waals surface area contributed by atoms with Crippen LogP contribution >= 0.6 is 0 Å². The first-order valence-electron chi connectivity index (χ1n) is 8.07. The SMILES string of the molecule is CC(c1ccccc1)C(O)(CC(C)(C)c1cc(F)ccc1O)C(=O)O. The minimum Gasteiger partial charge on any atom is -0.508 e. The van der Waals surface area contributed by atoms with Gasteiger partial charge >= 0.3 is 5.97 Å². The van der Waals surface area contributed by atoms with Gasteiger partial charge < -0.3 is 15.3 Å². The molecule has 134 valence electrons. The van der Waals surface area contributed by atoms with Crippen molar-refractivity contribution >= 4 is 5.97 Å². The molecule has 0 radical (unpaired) electrons. The van der Waals surface area contributed by atoms with Crippen molar-refractivity contribution < 1.29 is 24.5 Å². The van der Waals surface area contributed by atoms with Crippen LogP contribution in [0, 0.1) is 5.82 Å². The molecule has 0 aliphatic carbocycles. The Hall–Kier alpha value is -2.40. The zero-order valence-corrected chi connectivity index (χ0v) is 14.5. The van der Waals surface area contributed by atoms with Crippen molar-refractivity contribution in [1.82, 2.24) is 0 Å². The van der Waals surface area contributed by atoms with Crippen molar-refractivity contribution in [3.05, 3.63) is 65.5 Å². The van der Waals surface area contributed by atoms with E-state index in [0.29, 0.717) is 5.56 Å². The van der Waals surface area contributed by atoms with Gasteiger partial charge in [0, 0.05) is 11.5 Å². The number of rotatable bonds is 6. The Balaban J connectivity index is 2.44. The Morgan fingerprint density at radius 1 is 1.16 bits per heavy atom. The Morgan fingerprint density at radius 2 is 1.76 bits per heavy atom. The molecule has 0 aromatic heterocycles. The zero-order valence-electron chi connectivity index (χ0n) is 14.5. The van der Waals surface area contributed by atoms with Crippen LogP contribution in [0.5, 0.6) is 5.75 Å². The van der Waals surface area contributed by atoms with Gasteiger partial charge in [0.1, 0.15) is 11.6 Å². The highest BCUT2D eigenvalue weighted by molar-refractivity contribution is 5.79. The molecular weight excluding hydrogens is 323 g/mol. The fourth-order valence-corrected chi connectivity index (χ4v) is 3.25. The highest BCUT2D eigenvalue weighted by Gasteiger charge is 2.47. The number of carbonyl (C=O) groups is 1. The molecule has 2 rings (SSSR count). The third-order valence-corrected chi connectivity index (χ3v) is 4.79. The lowest BCUT2D eigenvalue weighted by Crippen LogP contribution is -2.48. The van der Waals surface area contributed by atoms with Crippen molar-refractivity contribution in [2.24, 2.45) is 0 Å². The lowest BCUT2D eigenvalue weighted by Gasteiger charge is -2.38. The molecule has 25 heavy (non-hydrogen) atoms. The van der Waals surface area contributed by atoms with E-state index >= 15 is 0 Å². The van der Waals surface area contributed by atoms with Crippen LogP contribution in [0.15, 0.2) is 48.5 Å². The van der Waals surface area contributed by atoms with E-state index in [9.17, 15) is 24.5 Å². The second-order valence-corrected chi connectivity index (χ2v) is 7.08. The maximum atomic E-state index is 13.6. The lowest BCUT2D eigenvalue weighted by molar-refractivity contribution is -0.163. The van der Waals surface area contributed by atoms with Gasteiger partial charge in [-0.2, -0.15) is 0 Å². The van der Waals surface area contributed by atoms with Gasteiger partial charge in [-0.3, -0.25) is 0 Å². The molecule has 3 N–H and O–H groups in total. The molecule has 0 bridgehead atoms. The third-order valence-electron chi connectivity index (χ3n) is 4.79. The Labute approximate surface area is 146 Å². The number of carboxylic acids is 1. The molecule has 2 unspecified atom stereocenters. The van der Waals surface area contributed by atoms with Gasteiger partial charge in [-0.05, 0) is 35.6 Å². The van der Waals surface area contributed by atoms with Crippen LogP contribution in [0.2, 0.25) is 0 Å². The van der Waals surface area contributed by atoms with Crippen molar-refractivity contribution in [2.45, 2.75) is 44.1 Å². The number of hydrogen-bond donors (Lipinski definition) is 3. The predicted molar refractivity (Wildman–Crippen MR) is 93.2 cm³/mol. The number of aliphatic hydroxyl groups is 1. The number of benzene rings is 2. The van der Waals surface area contributed by atoms with Gasteiger partial charge in [0.2, 0.25) is 0 Å². The fourth-order valence-electron chi connectivity index (χ4n) is 3.25. The third kappa shape index (κ3) is 3.82. The zero-order chi connectivity index (χ0) is 18.8. The Bertz CT molecular complexity index is 758. The number of hydrogen-bond acceptors (Lipinski definition) is 3. The van der Waals surface area contributed by atoms with Gasteiger partial charge in [0.25, 0.3) is 0 Å². The molecule has 4 nitrogen and oxygen atoms in total. The largest absolute Gasteiger partial charge is 0.508 e. The summed E-state index contributed by atoms with van der Waals surface area (Å²) in [6.45, 7) is 4.99. The molecule has 2 atom stereocenters. The second kappa shape index (κ2) is 6.84. The molecule has 0 saturated heterocycles. The number of aliphatic carboxylic acids is 1. The first kappa shape index (κ1) is 18.9. The van der Waals surface area contributed by atoms with E-state index in [0.717, 1.165) is 6.07 Å². The van der Waals surface area contributed by atoms with Crippen LogP contribution in [-0.2, 0) is 10.2 Å². The molecule has 0 amide bonds. The number of halogens is 1. The van der Waals surface area contributed by atoms with Crippen LogP contribution < -0.4 is 0 Å².